The van der Waals surface area contributed by atoms with Gasteiger partial charge in [0, 0.05) is 0 Å². The van der Waals surface area contributed by atoms with Crippen LogP contribution in [0.4, 0.5) is 0 Å². The zero-order valence-electron chi connectivity index (χ0n) is 12.5. The fourth-order valence-electron chi connectivity index (χ4n) is 3.35. The standard InChI is InChI=1S/C18H26O2/c1-2-3-5-8-15-9-11-16(12-10-15)18(17(19)20)13-6-4-7-14-18/h9-12H,2-8,13-14H2,1H3,(H,19,20). The lowest BCUT2D eigenvalue weighted by molar-refractivity contribution is -0.145. The lowest BCUT2D eigenvalue weighted by Crippen LogP contribution is -2.37. The summed E-state index contributed by atoms with van der Waals surface area (Å²) < 4.78 is 0. The van der Waals surface area contributed by atoms with Gasteiger partial charge in [0.25, 0.3) is 0 Å². The van der Waals surface area contributed by atoms with Crippen LogP contribution in [-0.4, -0.2) is 11.1 Å². The number of unbranched alkanes of at least 4 members (excludes halogenated alkanes) is 2. The van der Waals surface area contributed by atoms with Crippen molar-refractivity contribution >= 4 is 5.97 Å². The van der Waals surface area contributed by atoms with Crippen LogP contribution in [0.3, 0.4) is 0 Å². The van der Waals surface area contributed by atoms with Crippen LogP contribution in [0.2, 0.25) is 0 Å². The number of rotatable bonds is 6. The zero-order chi connectivity index (χ0) is 14.4. The molecule has 0 saturated heterocycles. The van der Waals surface area contributed by atoms with Crippen LogP contribution in [0, 0.1) is 0 Å². The third-order valence-electron chi connectivity index (χ3n) is 4.69. The van der Waals surface area contributed by atoms with Crippen molar-refractivity contribution in [3.8, 4) is 0 Å². The van der Waals surface area contributed by atoms with Crippen molar-refractivity contribution in [1.29, 1.82) is 0 Å². The van der Waals surface area contributed by atoms with E-state index in [0.717, 1.165) is 37.7 Å². The largest absolute Gasteiger partial charge is 0.481 e. The summed E-state index contributed by atoms with van der Waals surface area (Å²) in [6.45, 7) is 2.21. The molecule has 0 bridgehead atoms. The quantitative estimate of drug-likeness (QED) is 0.763. The number of carboxylic acid groups (broad SMARTS) is 1. The van der Waals surface area contributed by atoms with Crippen LogP contribution in [-0.2, 0) is 16.6 Å². The van der Waals surface area contributed by atoms with E-state index in [0.29, 0.717) is 0 Å². The number of carbonyl (C=O) groups is 1. The van der Waals surface area contributed by atoms with Crippen molar-refractivity contribution in [3.05, 3.63) is 35.4 Å². The molecule has 0 aliphatic heterocycles. The minimum absolute atomic E-state index is 0.625. The van der Waals surface area contributed by atoms with Crippen LogP contribution < -0.4 is 0 Å². The Bertz CT molecular complexity index is 427. The second kappa shape index (κ2) is 6.92. The Labute approximate surface area is 122 Å². The Morgan fingerprint density at radius 2 is 1.75 bits per heavy atom. The topological polar surface area (TPSA) is 37.3 Å². The molecule has 0 amide bonds. The van der Waals surface area contributed by atoms with E-state index in [1.807, 2.05) is 0 Å². The Kier molecular flexibility index (Phi) is 5.22. The molecule has 1 N–H and O–H groups in total. The molecule has 1 fully saturated rings. The minimum Gasteiger partial charge on any atom is -0.481 e. The number of aliphatic carboxylic acids is 1. The Balaban J connectivity index is 2.12. The Morgan fingerprint density at radius 3 is 2.30 bits per heavy atom. The van der Waals surface area contributed by atoms with Gasteiger partial charge in [0.1, 0.15) is 0 Å². The van der Waals surface area contributed by atoms with Gasteiger partial charge in [-0.3, -0.25) is 4.79 Å². The van der Waals surface area contributed by atoms with E-state index < -0.39 is 11.4 Å². The van der Waals surface area contributed by atoms with E-state index in [-0.39, 0.29) is 0 Å². The summed E-state index contributed by atoms with van der Waals surface area (Å²) in [5.41, 5.74) is 1.71. The van der Waals surface area contributed by atoms with Gasteiger partial charge in [0.2, 0.25) is 0 Å². The Morgan fingerprint density at radius 1 is 1.10 bits per heavy atom. The molecule has 20 heavy (non-hydrogen) atoms. The summed E-state index contributed by atoms with van der Waals surface area (Å²) in [7, 11) is 0. The third-order valence-corrected chi connectivity index (χ3v) is 4.69. The zero-order valence-corrected chi connectivity index (χ0v) is 12.5. The SMILES string of the molecule is CCCCCc1ccc(C2(C(=O)O)CCCCC2)cc1. The minimum atomic E-state index is -0.643. The maximum absolute atomic E-state index is 11.8. The molecule has 1 aliphatic rings. The fraction of sp³-hybridized carbons (Fsp3) is 0.611. The van der Waals surface area contributed by atoms with Crippen LogP contribution in [0.1, 0.15) is 69.4 Å². The molecule has 2 nitrogen and oxygen atoms in total. The van der Waals surface area contributed by atoms with Crippen LogP contribution in [0.25, 0.3) is 0 Å². The van der Waals surface area contributed by atoms with E-state index in [2.05, 4.69) is 31.2 Å². The van der Waals surface area contributed by atoms with Crippen molar-refractivity contribution in [3.63, 3.8) is 0 Å². The molecular weight excluding hydrogens is 248 g/mol. The monoisotopic (exact) mass is 274 g/mol. The lowest BCUT2D eigenvalue weighted by atomic mass is 9.69. The maximum Gasteiger partial charge on any atom is 0.314 e. The van der Waals surface area contributed by atoms with Crippen LogP contribution in [0.5, 0.6) is 0 Å². The van der Waals surface area contributed by atoms with Gasteiger partial charge in [-0.1, -0.05) is 63.3 Å². The van der Waals surface area contributed by atoms with Gasteiger partial charge in [-0.15, -0.1) is 0 Å². The molecule has 0 unspecified atom stereocenters. The van der Waals surface area contributed by atoms with E-state index >= 15 is 0 Å². The van der Waals surface area contributed by atoms with Gasteiger partial charge in [-0.05, 0) is 36.8 Å². The predicted octanol–water partition coefficient (Wildman–Crippen LogP) is 4.71. The van der Waals surface area contributed by atoms with Crippen molar-refractivity contribution in [2.24, 2.45) is 0 Å². The van der Waals surface area contributed by atoms with Crippen LogP contribution in [0.15, 0.2) is 24.3 Å². The highest BCUT2D eigenvalue weighted by Crippen LogP contribution is 2.39. The van der Waals surface area contributed by atoms with Crippen molar-refractivity contribution in [2.75, 3.05) is 0 Å². The molecular formula is C18H26O2. The molecule has 1 aromatic carbocycles. The summed E-state index contributed by atoms with van der Waals surface area (Å²) in [6, 6.07) is 8.37. The summed E-state index contributed by atoms with van der Waals surface area (Å²) in [5.74, 6) is -0.643. The van der Waals surface area contributed by atoms with Crippen molar-refractivity contribution in [1.82, 2.24) is 0 Å². The molecule has 0 spiro atoms. The normalized spacial score (nSPS) is 17.9. The van der Waals surface area contributed by atoms with Crippen molar-refractivity contribution < 1.29 is 9.90 Å². The number of hydrogen-bond donors (Lipinski definition) is 1. The molecule has 1 saturated carbocycles. The predicted molar refractivity (Wildman–Crippen MR) is 82.1 cm³/mol. The van der Waals surface area contributed by atoms with E-state index in [1.165, 1.54) is 31.2 Å². The first-order valence-electron chi connectivity index (χ1n) is 8.02. The maximum atomic E-state index is 11.8. The lowest BCUT2D eigenvalue weighted by Gasteiger charge is -2.33. The van der Waals surface area contributed by atoms with Crippen LogP contribution >= 0.6 is 0 Å². The molecule has 0 radical (unpaired) electrons. The molecule has 1 aliphatic carbocycles. The number of aryl methyl sites for hydroxylation is 1. The molecule has 2 heteroatoms. The molecule has 110 valence electrons. The second-order valence-corrected chi connectivity index (χ2v) is 6.10. The van der Waals surface area contributed by atoms with Gasteiger partial charge in [0.05, 0.1) is 5.41 Å². The highest BCUT2D eigenvalue weighted by molar-refractivity contribution is 5.81. The van der Waals surface area contributed by atoms with Gasteiger partial charge < -0.3 is 5.11 Å². The molecule has 2 rings (SSSR count). The van der Waals surface area contributed by atoms with E-state index in [9.17, 15) is 9.90 Å². The first-order valence-corrected chi connectivity index (χ1v) is 8.02. The fourth-order valence-corrected chi connectivity index (χ4v) is 3.35. The van der Waals surface area contributed by atoms with Gasteiger partial charge >= 0.3 is 5.97 Å². The Hall–Kier alpha value is -1.31. The average Bonchev–Trinajstić information content (AvgIpc) is 2.49. The van der Waals surface area contributed by atoms with Gasteiger partial charge in [-0.2, -0.15) is 0 Å². The highest BCUT2D eigenvalue weighted by atomic mass is 16.4. The van der Waals surface area contributed by atoms with Crippen molar-refractivity contribution in [2.45, 2.75) is 70.1 Å². The summed E-state index contributed by atoms with van der Waals surface area (Å²) in [5, 5.41) is 9.68. The average molecular weight is 274 g/mol. The molecule has 0 atom stereocenters. The number of hydrogen-bond acceptors (Lipinski definition) is 1. The first-order chi connectivity index (χ1) is 9.69. The smallest absolute Gasteiger partial charge is 0.314 e. The second-order valence-electron chi connectivity index (χ2n) is 6.10. The van der Waals surface area contributed by atoms with E-state index in [1.54, 1.807) is 0 Å². The third kappa shape index (κ3) is 3.23. The number of carboxylic acids is 1. The first kappa shape index (κ1) is 15.1. The van der Waals surface area contributed by atoms with Gasteiger partial charge in [-0.25, -0.2) is 0 Å². The summed E-state index contributed by atoms with van der Waals surface area (Å²) in [4.78, 5) is 11.8. The van der Waals surface area contributed by atoms with Gasteiger partial charge in [0.15, 0.2) is 0 Å². The molecule has 0 heterocycles. The molecule has 0 aromatic heterocycles. The number of benzene rings is 1. The summed E-state index contributed by atoms with van der Waals surface area (Å²) >= 11 is 0. The summed E-state index contributed by atoms with van der Waals surface area (Å²) in [6.07, 6.45) is 9.64. The highest BCUT2D eigenvalue weighted by Gasteiger charge is 2.41. The molecule has 1 aromatic rings. The van der Waals surface area contributed by atoms with E-state index in [4.69, 9.17) is 0 Å².